The fourth-order valence-corrected chi connectivity index (χ4v) is 8.07. The lowest BCUT2D eigenvalue weighted by Gasteiger charge is -2.39. The summed E-state index contributed by atoms with van der Waals surface area (Å²) in [7, 11) is 4.71. The molecule has 1 heterocycles. The van der Waals surface area contributed by atoms with Crippen LogP contribution in [0.2, 0.25) is 0 Å². The molecule has 2 aromatic carbocycles. The van der Waals surface area contributed by atoms with Crippen molar-refractivity contribution in [1.29, 1.82) is 0 Å². The number of carbonyl (C=O) groups is 5. The molecular formula is C46H69N7O7S. The van der Waals surface area contributed by atoms with Gasteiger partial charge in [0.15, 0.2) is 6.10 Å². The number of anilines is 1. The van der Waals surface area contributed by atoms with E-state index in [2.05, 4.69) is 21.3 Å². The monoisotopic (exact) mass is 863 g/mol. The molecule has 14 nitrogen and oxygen atoms in total. The van der Waals surface area contributed by atoms with Crippen molar-refractivity contribution >= 4 is 46.8 Å². The second kappa shape index (κ2) is 26.3. The molecule has 0 saturated heterocycles. The van der Waals surface area contributed by atoms with Crippen LogP contribution in [0.15, 0.2) is 60.0 Å². The summed E-state index contributed by atoms with van der Waals surface area (Å²) in [5, 5.41) is 13.8. The summed E-state index contributed by atoms with van der Waals surface area (Å²) in [6.45, 7) is 11.0. The van der Waals surface area contributed by atoms with E-state index in [0.717, 1.165) is 36.9 Å². The van der Waals surface area contributed by atoms with Gasteiger partial charge in [-0.2, -0.15) is 0 Å². The van der Waals surface area contributed by atoms with E-state index in [9.17, 15) is 24.0 Å². The number of aromatic nitrogens is 1. The molecule has 0 aliphatic rings. The van der Waals surface area contributed by atoms with Gasteiger partial charge in [-0.05, 0) is 80.8 Å². The molecule has 15 heteroatoms. The molecule has 6 atom stereocenters. The maximum atomic E-state index is 14.9. The second-order valence-corrected chi connectivity index (χ2v) is 17.0. The van der Waals surface area contributed by atoms with E-state index in [1.807, 2.05) is 94.2 Å². The Bertz CT molecular complexity index is 1810. The molecule has 0 spiro atoms. The molecule has 1 unspecified atom stereocenters. The number of nitrogens with zero attached hydrogens (tertiary/aromatic N) is 2. The standard InChI is InChI=1S/C46H69N7O7S/c1-9-31(4)41(52-40(54)18-14-11-15-24-48-6)44(56)53(25-23-33-19-21-35(47)22-20-33)38(30(2)3)28-39(60-46(58)49-7)43-51-37(29-61-43)42(55)50-36(26-32(5)45(57)59-8)27-34-16-12-10-13-17-34/h10,12-13,16-17,19-22,29-32,36,38-39,41,48H,9,11,14-15,18,23-28,47H2,1-8H3,(H,49,58)(H,50,55)(H,52,54)/t31-,32?,36+,38+,39+,41-/m0/s1. The number of hydrogen-bond acceptors (Lipinski definition) is 11. The molecule has 0 aliphatic carbocycles. The number of rotatable bonds is 26. The summed E-state index contributed by atoms with van der Waals surface area (Å²) in [6.07, 6.45) is 3.46. The maximum absolute atomic E-state index is 14.9. The molecule has 0 fully saturated rings. The van der Waals surface area contributed by atoms with E-state index < -0.39 is 42.1 Å². The van der Waals surface area contributed by atoms with Crippen LogP contribution >= 0.6 is 11.3 Å². The zero-order chi connectivity index (χ0) is 44.9. The van der Waals surface area contributed by atoms with Crippen LogP contribution in [-0.2, 0) is 36.7 Å². The van der Waals surface area contributed by atoms with Gasteiger partial charge in [0.1, 0.15) is 16.7 Å². The quantitative estimate of drug-likeness (QED) is 0.0340. The summed E-state index contributed by atoms with van der Waals surface area (Å²) in [6, 6.07) is 15.5. The lowest BCUT2D eigenvalue weighted by Crippen LogP contribution is -2.56. The third-order valence-corrected chi connectivity index (χ3v) is 12.0. The van der Waals surface area contributed by atoms with Crippen molar-refractivity contribution in [2.24, 2.45) is 17.8 Å². The van der Waals surface area contributed by atoms with E-state index in [0.29, 0.717) is 49.3 Å². The summed E-state index contributed by atoms with van der Waals surface area (Å²) < 4.78 is 10.9. The first-order chi connectivity index (χ1) is 29.2. The van der Waals surface area contributed by atoms with E-state index in [1.54, 1.807) is 12.3 Å². The number of nitrogens with one attached hydrogen (secondary N) is 4. The first kappa shape index (κ1) is 50.3. The molecule has 0 bridgehead atoms. The van der Waals surface area contributed by atoms with E-state index >= 15 is 0 Å². The highest BCUT2D eigenvalue weighted by Crippen LogP contribution is 2.32. The van der Waals surface area contributed by atoms with Crippen molar-refractivity contribution in [1.82, 2.24) is 31.2 Å². The van der Waals surface area contributed by atoms with Crippen molar-refractivity contribution in [2.45, 2.75) is 117 Å². The van der Waals surface area contributed by atoms with Crippen molar-refractivity contribution in [3.8, 4) is 0 Å². The van der Waals surface area contributed by atoms with E-state index in [1.165, 1.54) is 25.5 Å². The average Bonchev–Trinajstić information content (AvgIpc) is 3.75. The number of thiazole rings is 1. The van der Waals surface area contributed by atoms with Crippen LogP contribution in [-0.4, -0.2) is 92.1 Å². The number of carbonyl (C=O) groups excluding carboxylic acids is 5. The third kappa shape index (κ3) is 16.8. The van der Waals surface area contributed by atoms with Crippen LogP contribution in [0.5, 0.6) is 0 Å². The van der Waals surface area contributed by atoms with Crippen molar-refractivity contribution < 1.29 is 33.4 Å². The number of ether oxygens (including phenoxy) is 2. The molecule has 4 amide bonds. The molecule has 0 radical (unpaired) electrons. The molecule has 0 aliphatic heterocycles. The Hall–Kier alpha value is -5.02. The zero-order valence-electron chi connectivity index (χ0n) is 37.3. The predicted molar refractivity (Wildman–Crippen MR) is 241 cm³/mol. The van der Waals surface area contributed by atoms with Crippen LogP contribution in [0.3, 0.4) is 0 Å². The minimum absolute atomic E-state index is 0.120. The van der Waals surface area contributed by atoms with E-state index in [4.69, 9.17) is 20.2 Å². The van der Waals surface area contributed by atoms with Crippen LogP contribution in [0, 0.1) is 17.8 Å². The number of esters is 1. The SMILES string of the molecule is CC[C@H](C)[C@H](NC(=O)CCCCCNC)C(=O)N(CCc1ccc(N)cc1)[C@H](C[C@@H](OC(=O)NC)c1nc(C(=O)N[C@@H](Cc2ccccc2)CC(C)C(=O)OC)cs1)C(C)C. The van der Waals surface area contributed by atoms with E-state index in [-0.39, 0.29) is 41.7 Å². The normalized spacial score (nSPS) is 14.2. The first-order valence-electron chi connectivity index (χ1n) is 21.6. The lowest BCUT2D eigenvalue weighted by atomic mass is 9.92. The number of unbranched alkanes of at least 4 members (excludes halogenated alkanes) is 2. The van der Waals surface area contributed by atoms with Gasteiger partial charge >= 0.3 is 12.1 Å². The van der Waals surface area contributed by atoms with Crippen molar-refractivity contribution in [3.05, 3.63) is 81.8 Å². The minimum Gasteiger partial charge on any atom is -0.469 e. The average molecular weight is 864 g/mol. The topological polar surface area (TPSA) is 194 Å². The number of hydrogen-bond donors (Lipinski definition) is 5. The number of benzene rings is 2. The van der Waals surface area contributed by atoms with Gasteiger partial charge in [0, 0.05) is 49.6 Å². The van der Waals surface area contributed by atoms with Gasteiger partial charge < -0.3 is 41.4 Å². The number of alkyl carbamates (subject to hydrolysis) is 1. The van der Waals surface area contributed by atoms with Crippen LogP contribution < -0.4 is 27.0 Å². The van der Waals surface area contributed by atoms with Gasteiger partial charge in [-0.3, -0.25) is 19.2 Å². The number of amides is 4. The Kier molecular flexibility index (Phi) is 21.7. The molecule has 336 valence electrons. The summed E-state index contributed by atoms with van der Waals surface area (Å²) in [4.78, 5) is 73.9. The number of nitrogen functional groups attached to an aromatic ring is 1. The molecule has 0 saturated carbocycles. The largest absolute Gasteiger partial charge is 0.469 e. The predicted octanol–water partition coefficient (Wildman–Crippen LogP) is 6.46. The fourth-order valence-electron chi connectivity index (χ4n) is 7.23. The van der Waals surface area contributed by atoms with Gasteiger partial charge in [-0.15, -0.1) is 11.3 Å². The Morgan fingerprint density at radius 2 is 1.59 bits per heavy atom. The van der Waals surface area contributed by atoms with Crippen LogP contribution in [0.1, 0.15) is 112 Å². The summed E-state index contributed by atoms with van der Waals surface area (Å²) in [5.41, 5.74) is 8.73. The van der Waals surface area contributed by atoms with Gasteiger partial charge in [0.2, 0.25) is 11.8 Å². The summed E-state index contributed by atoms with van der Waals surface area (Å²) >= 11 is 1.19. The molecular weight excluding hydrogens is 795 g/mol. The fraction of sp³-hybridized carbons (Fsp3) is 0.565. The molecule has 3 aromatic rings. The van der Waals surface area contributed by atoms with Crippen LogP contribution in [0.4, 0.5) is 10.5 Å². The Labute approximate surface area is 366 Å². The van der Waals surface area contributed by atoms with Crippen LogP contribution in [0.25, 0.3) is 0 Å². The molecule has 3 rings (SSSR count). The smallest absolute Gasteiger partial charge is 0.407 e. The van der Waals surface area contributed by atoms with Gasteiger partial charge in [-0.1, -0.05) is 89.9 Å². The molecule has 61 heavy (non-hydrogen) atoms. The first-order valence-corrected chi connectivity index (χ1v) is 22.4. The molecule has 6 N–H and O–H groups in total. The highest BCUT2D eigenvalue weighted by molar-refractivity contribution is 7.09. The highest BCUT2D eigenvalue weighted by atomic mass is 32.1. The zero-order valence-corrected chi connectivity index (χ0v) is 38.1. The number of nitrogens with two attached hydrogens (primary N) is 1. The highest BCUT2D eigenvalue weighted by Gasteiger charge is 2.37. The van der Waals surface area contributed by atoms with Crippen molar-refractivity contribution in [2.75, 3.05) is 40.0 Å². The Morgan fingerprint density at radius 3 is 2.21 bits per heavy atom. The van der Waals surface area contributed by atoms with Crippen molar-refractivity contribution in [3.63, 3.8) is 0 Å². The third-order valence-electron chi connectivity index (χ3n) is 11.0. The van der Waals surface area contributed by atoms with Gasteiger partial charge in [0.25, 0.3) is 5.91 Å². The Morgan fingerprint density at radius 1 is 0.885 bits per heavy atom. The number of methoxy groups -OCH3 is 1. The summed E-state index contributed by atoms with van der Waals surface area (Å²) in [5.74, 6) is -1.92. The maximum Gasteiger partial charge on any atom is 0.407 e. The van der Waals surface area contributed by atoms with Gasteiger partial charge in [-0.25, -0.2) is 9.78 Å². The Balaban J connectivity index is 1.97. The second-order valence-electron chi connectivity index (χ2n) is 16.2. The minimum atomic E-state index is -0.931. The lowest BCUT2D eigenvalue weighted by molar-refractivity contribution is -0.145. The molecule has 1 aromatic heterocycles. The van der Waals surface area contributed by atoms with Gasteiger partial charge in [0.05, 0.1) is 13.0 Å².